The first-order valence-electron chi connectivity index (χ1n) is 11.5. The number of nitrogens with zero attached hydrogens (tertiary/aromatic N) is 1. The molecule has 2 aliphatic rings. The second kappa shape index (κ2) is 6.99. The molecule has 1 nitrogen and oxygen atoms in total. The molecular formula is C30H29N. The molecule has 6 rings (SSSR count). The molecule has 0 amide bonds. The van der Waals surface area contributed by atoms with E-state index < -0.39 is 0 Å². The van der Waals surface area contributed by atoms with Crippen LogP contribution in [0.25, 0.3) is 10.8 Å². The van der Waals surface area contributed by atoms with E-state index >= 15 is 0 Å². The number of para-hydroxylation sites is 1. The lowest BCUT2D eigenvalue weighted by molar-refractivity contribution is 0.357. The minimum absolute atomic E-state index is 0.0918. The number of hydrogen-bond donors (Lipinski definition) is 0. The fourth-order valence-corrected chi connectivity index (χ4v) is 6.92. The quantitative estimate of drug-likeness (QED) is 0.344. The van der Waals surface area contributed by atoms with E-state index in [1.807, 2.05) is 0 Å². The van der Waals surface area contributed by atoms with Crippen LogP contribution < -0.4 is 4.90 Å². The van der Waals surface area contributed by atoms with Gasteiger partial charge in [-0.1, -0.05) is 97.9 Å². The number of likely N-dealkylation sites (N-methyl/N-ethyl adjacent to an activating group) is 1. The number of rotatable bonds is 2. The van der Waals surface area contributed by atoms with Gasteiger partial charge in [-0.2, -0.15) is 0 Å². The summed E-state index contributed by atoms with van der Waals surface area (Å²) < 4.78 is 0. The summed E-state index contributed by atoms with van der Waals surface area (Å²) in [5, 5.41) is 2.68. The van der Waals surface area contributed by atoms with Crippen molar-refractivity contribution in [3.63, 3.8) is 0 Å². The molecule has 1 heterocycles. The maximum absolute atomic E-state index is 2.50. The molecule has 4 aromatic rings. The molecule has 1 spiro atoms. The molecule has 1 heteroatoms. The highest BCUT2D eigenvalue weighted by Gasteiger charge is 2.59. The van der Waals surface area contributed by atoms with E-state index in [0.717, 1.165) is 6.54 Å². The van der Waals surface area contributed by atoms with Crippen molar-refractivity contribution in [2.24, 2.45) is 5.92 Å². The normalized spacial score (nSPS) is 27.2. The average Bonchev–Trinajstić information content (AvgIpc) is 3.27. The first-order valence-corrected chi connectivity index (χ1v) is 11.5. The molecule has 4 unspecified atom stereocenters. The smallest absolute Gasteiger partial charge is 0.0403 e. The maximum Gasteiger partial charge on any atom is 0.0403 e. The summed E-state index contributed by atoms with van der Waals surface area (Å²) in [5.74, 6) is 1.63. The zero-order valence-corrected chi connectivity index (χ0v) is 18.3. The first-order chi connectivity index (χ1) is 15.2. The zero-order chi connectivity index (χ0) is 21.0. The Morgan fingerprint density at radius 2 is 1.45 bits per heavy atom. The van der Waals surface area contributed by atoms with Gasteiger partial charge in [-0.3, -0.25) is 0 Å². The molecule has 0 saturated heterocycles. The van der Waals surface area contributed by atoms with Gasteiger partial charge in [0.15, 0.2) is 0 Å². The zero-order valence-electron chi connectivity index (χ0n) is 18.3. The summed E-state index contributed by atoms with van der Waals surface area (Å²) in [5.41, 5.74) is 6.02. The third kappa shape index (κ3) is 2.69. The molecule has 4 aromatic carbocycles. The van der Waals surface area contributed by atoms with Crippen molar-refractivity contribution in [1.29, 1.82) is 0 Å². The van der Waals surface area contributed by atoms with Crippen molar-refractivity contribution in [3.05, 3.63) is 114 Å². The van der Waals surface area contributed by atoms with Crippen LogP contribution in [0.4, 0.5) is 5.69 Å². The molecule has 1 fully saturated rings. The Hall–Kier alpha value is -3.06. The van der Waals surface area contributed by atoms with Gasteiger partial charge >= 0.3 is 0 Å². The molecule has 1 aliphatic heterocycles. The van der Waals surface area contributed by atoms with E-state index in [4.69, 9.17) is 0 Å². The van der Waals surface area contributed by atoms with E-state index in [2.05, 4.69) is 116 Å². The Morgan fingerprint density at radius 1 is 0.742 bits per heavy atom. The molecule has 0 radical (unpaired) electrons. The van der Waals surface area contributed by atoms with Crippen molar-refractivity contribution in [2.75, 3.05) is 18.5 Å². The molecule has 154 valence electrons. The van der Waals surface area contributed by atoms with E-state index in [0.29, 0.717) is 17.8 Å². The molecule has 31 heavy (non-hydrogen) atoms. The summed E-state index contributed by atoms with van der Waals surface area (Å²) >= 11 is 0. The minimum Gasteiger partial charge on any atom is -0.373 e. The fraction of sp³-hybridized carbons (Fsp3) is 0.267. The molecule has 0 bridgehead atoms. The Labute approximate surface area is 185 Å². The van der Waals surface area contributed by atoms with Crippen molar-refractivity contribution in [3.8, 4) is 0 Å². The Balaban J connectivity index is 1.60. The highest BCUT2D eigenvalue weighted by Crippen LogP contribution is 2.65. The predicted molar refractivity (Wildman–Crippen MR) is 131 cm³/mol. The van der Waals surface area contributed by atoms with Crippen LogP contribution in [0.3, 0.4) is 0 Å². The summed E-state index contributed by atoms with van der Waals surface area (Å²) in [6.07, 6.45) is 1.23. The Morgan fingerprint density at radius 3 is 2.29 bits per heavy atom. The summed E-state index contributed by atoms with van der Waals surface area (Å²) in [4.78, 5) is 2.50. The highest BCUT2D eigenvalue weighted by atomic mass is 15.1. The number of benzene rings is 4. The van der Waals surface area contributed by atoms with Gasteiger partial charge in [0.25, 0.3) is 0 Å². The molecular weight excluding hydrogens is 374 g/mol. The van der Waals surface area contributed by atoms with E-state index in [9.17, 15) is 0 Å². The molecule has 1 saturated carbocycles. The van der Waals surface area contributed by atoms with E-state index in [1.54, 1.807) is 0 Å². The van der Waals surface area contributed by atoms with Gasteiger partial charge in [-0.25, -0.2) is 0 Å². The molecule has 4 atom stereocenters. The maximum atomic E-state index is 2.50. The standard InChI is InChI=1S/C30H29N/c1-21-18-27(23-11-4-3-5-12-23)30(20-31(2)28-15-9-8-14-26(28)30)29(21)25-17-16-22-10-6-7-13-24(22)19-25/h3-17,19,21,27,29H,18,20H2,1-2H3. The number of hydrogen-bond acceptors (Lipinski definition) is 1. The van der Waals surface area contributed by atoms with Crippen LogP contribution >= 0.6 is 0 Å². The summed E-state index contributed by atoms with van der Waals surface area (Å²) in [7, 11) is 2.27. The van der Waals surface area contributed by atoms with Gasteiger partial charge in [0.2, 0.25) is 0 Å². The van der Waals surface area contributed by atoms with Crippen LogP contribution in [0, 0.1) is 5.92 Å². The third-order valence-corrected chi connectivity index (χ3v) is 8.00. The SMILES string of the molecule is CC1CC(c2ccccc2)C2(CN(C)c3ccccc32)C1c1ccc2ccccc2c1. The van der Waals surface area contributed by atoms with Gasteiger partial charge in [0, 0.05) is 24.7 Å². The van der Waals surface area contributed by atoms with Gasteiger partial charge in [0.1, 0.15) is 0 Å². The molecule has 1 aliphatic carbocycles. The van der Waals surface area contributed by atoms with E-state index in [1.165, 1.54) is 39.6 Å². The van der Waals surface area contributed by atoms with Crippen molar-refractivity contribution in [1.82, 2.24) is 0 Å². The second-order valence-electron chi connectivity index (χ2n) is 9.67. The van der Waals surface area contributed by atoms with Crippen LogP contribution in [0.1, 0.15) is 41.9 Å². The van der Waals surface area contributed by atoms with Gasteiger partial charge < -0.3 is 4.90 Å². The monoisotopic (exact) mass is 403 g/mol. The van der Waals surface area contributed by atoms with Crippen molar-refractivity contribution in [2.45, 2.75) is 30.6 Å². The number of anilines is 1. The lowest BCUT2D eigenvalue weighted by atomic mass is 9.63. The van der Waals surface area contributed by atoms with Crippen molar-refractivity contribution < 1.29 is 0 Å². The average molecular weight is 404 g/mol. The Bertz CT molecular complexity index is 1240. The lowest BCUT2D eigenvalue weighted by Gasteiger charge is -2.39. The van der Waals surface area contributed by atoms with E-state index in [-0.39, 0.29) is 5.41 Å². The lowest BCUT2D eigenvalue weighted by Crippen LogP contribution is -2.39. The van der Waals surface area contributed by atoms with Crippen LogP contribution in [0.15, 0.2) is 97.1 Å². The second-order valence-corrected chi connectivity index (χ2v) is 9.67. The van der Waals surface area contributed by atoms with Crippen LogP contribution in [-0.4, -0.2) is 13.6 Å². The number of fused-ring (bicyclic) bond motifs is 3. The summed E-state index contributed by atoms with van der Waals surface area (Å²) in [6, 6.07) is 36.4. The topological polar surface area (TPSA) is 3.24 Å². The third-order valence-electron chi connectivity index (χ3n) is 8.00. The Kier molecular flexibility index (Phi) is 4.21. The van der Waals surface area contributed by atoms with Gasteiger partial charge in [-0.05, 0) is 57.7 Å². The van der Waals surface area contributed by atoms with Crippen LogP contribution in [-0.2, 0) is 5.41 Å². The summed E-state index contributed by atoms with van der Waals surface area (Å²) in [6.45, 7) is 3.55. The first kappa shape index (κ1) is 18.7. The molecule has 0 aromatic heterocycles. The van der Waals surface area contributed by atoms with Crippen LogP contribution in [0.5, 0.6) is 0 Å². The predicted octanol–water partition coefficient (Wildman–Crippen LogP) is 7.13. The van der Waals surface area contributed by atoms with Gasteiger partial charge in [-0.15, -0.1) is 0 Å². The minimum atomic E-state index is 0.0918. The van der Waals surface area contributed by atoms with Gasteiger partial charge in [0.05, 0.1) is 0 Å². The fourth-order valence-electron chi connectivity index (χ4n) is 6.92. The molecule has 0 N–H and O–H groups in total. The highest BCUT2D eigenvalue weighted by molar-refractivity contribution is 5.83. The van der Waals surface area contributed by atoms with Crippen LogP contribution in [0.2, 0.25) is 0 Å². The van der Waals surface area contributed by atoms with Crippen molar-refractivity contribution >= 4 is 16.5 Å². The largest absolute Gasteiger partial charge is 0.373 e.